The lowest BCUT2D eigenvalue weighted by molar-refractivity contribution is 0.0251. The van der Waals surface area contributed by atoms with E-state index in [0.717, 1.165) is 16.7 Å². The van der Waals surface area contributed by atoms with Crippen molar-refractivity contribution >= 4 is 5.97 Å². The maximum Gasteiger partial charge on any atom is 0.340 e. The van der Waals surface area contributed by atoms with E-state index in [2.05, 4.69) is 4.98 Å². The lowest BCUT2D eigenvalue weighted by Crippen LogP contribution is -2.29. The SMILES string of the molecule is O=C1OC(c2ccccc2)(c2ccccc2)c2cnccc21. The van der Waals surface area contributed by atoms with E-state index in [9.17, 15) is 4.79 Å². The molecule has 0 saturated heterocycles. The number of hydrogen-bond donors (Lipinski definition) is 0. The molecule has 4 rings (SSSR count). The molecule has 1 aromatic heterocycles. The molecule has 3 aromatic rings. The van der Waals surface area contributed by atoms with Crippen molar-refractivity contribution in [2.24, 2.45) is 0 Å². The van der Waals surface area contributed by atoms with Crippen LogP contribution in [0, 0.1) is 0 Å². The number of carbonyl (C=O) groups is 1. The van der Waals surface area contributed by atoms with Gasteiger partial charge in [0.1, 0.15) is 0 Å². The first-order chi connectivity index (χ1) is 10.8. The number of pyridine rings is 1. The zero-order chi connectivity index (χ0) is 15.0. The number of carbonyl (C=O) groups excluding carboxylic acids is 1. The van der Waals surface area contributed by atoms with E-state index in [1.54, 1.807) is 18.5 Å². The molecular formula is C19H13NO2. The molecule has 0 bridgehead atoms. The van der Waals surface area contributed by atoms with Crippen LogP contribution >= 0.6 is 0 Å². The van der Waals surface area contributed by atoms with Crippen LogP contribution in [-0.4, -0.2) is 11.0 Å². The number of esters is 1. The highest BCUT2D eigenvalue weighted by Gasteiger charge is 2.48. The van der Waals surface area contributed by atoms with Crippen molar-refractivity contribution in [3.8, 4) is 0 Å². The molecule has 0 N–H and O–H groups in total. The fourth-order valence-electron chi connectivity index (χ4n) is 3.04. The average molecular weight is 287 g/mol. The molecule has 3 nitrogen and oxygen atoms in total. The van der Waals surface area contributed by atoms with E-state index >= 15 is 0 Å². The van der Waals surface area contributed by atoms with Gasteiger partial charge in [-0.05, 0) is 6.07 Å². The van der Waals surface area contributed by atoms with Gasteiger partial charge >= 0.3 is 5.97 Å². The Bertz CT molecular complexity index is 789. The van der Waals surface area contributed by atoms with Gasteiger partial charge in [0.2, 0.25) is 0 Å². The third-order valence-corrected chi connectivity index (χ3v) is 4.03. The summed E-state index contributed by atoms with van der Waals surface area (Å²) in [6.45, 7) is 0. The van der Waals surface area contributed by atoms with E-state index in [1.807, 2.05) is 60.7 Å². The quantitative estimate of drug-likeness (QED) is 0.677. The summed E-state index contributed by atoms with van der Waals surface area (Å²) in [6, 6.07) is 21.3. The van der Waals surface area contributed by atoms with Crippen LogP contribution in [0.15, 0.2) is 79.1 Å². The summed E-state index contributed by atoms with van der Waals surface area (Å²) in [5, 5.41) is 0. The Hall–Kier alpha value is -2.94. The summed E-state index contributed by atoms with van der Waals surface area (Å²) in [5.41, 5.74) is 2.27. The molecule has 0 unspecified atom stereocenters. The Morgan fingerprint density at radius 1 is 0.818 bits per heavy atom. The summed E-state index contributed by atoms with van der Waals surface area (Å²) in [7, 11) is 0. The normalized spacial score (nSPS) is 15.2. The summed E-state index contributed by atoms with van der Waals surface area (Å²) < 4.78 is 5.91. The number of hydrogen-bond acceptors (Lipinski definition) is 3. The zero-order valence-corrected chi connectivity index (χ0v) is 11.8. The second kappa shape index (κ2) is 4.81. The van der Waals surface area contributed by atoms with E-state index in [4.69, 9.17) is 4.74 Å². The summed E-state index contributed by atoms with van der Waals surface area (Å²) in [5.74, 6) is -0.315. The number of fused-ring (bicyclic) bond motifs is 1. The molecule has 0 atom stereocenters. The Morgan fingerprint density at radius 2 is 1.41 bits per heavy atom. The second-order valence-electron chi connectivity index (χ2n) is 5.22. The number of nitrogens with zero attached hydrogens (tertiary/aromatic N) is 1. The summed E-state index contributed by atoms with van der Waals surface area (Å²) >= 11 is 0. The Morgan fingerprint density at radius 3 is 2.00 bits per heavy atom. The van der Waals surface area contributed by atoms with Gasteiger partial charge in [0, 0.05) is 29.1 Å². The molecule has 1 aliphatic heterocycles. The van der Waals surface area contributed by atoms with Crippen molar-refractivity contribution in [3.63, 3.8) is 0 Å². The lowest BCUT2D eigenvalue weighted by Gasteiger charge is -2.29. The molecule has 0 radical (unpaired) electrons. The van der Waals surface area contributed by atoms with Crippen molar-refractivity contribution in [2.45, 2.75) is 5.60 Å². The molecule has 0 aliphatic carbocycles. The summed E-state index contributed by atoms with van der Waals surface area (Å²) in [6.07, 6.45) is 3.34. The van der Waals surface area contributed by atoms with Crippen LogP contribution in [0.1, 0.15) is 27.0 Å². The van der Waals surface area contributed by atoms with E-state index in [0.29, 0.717) is 5.56 Å². The van der Waals surface area contributed by atoms with Crippen LogP contribution in [0.25, 0.3) is 0 Å². The van der Waals surface area contributed by atoms with Crippen LogP contribution in [0.4, 0.5) is 0 Å². The molecule has 1 aliphatic rings. The summed E-state index contributed by atoms with van der Waals surface area (Å²) in [4.78, 5) is 16.6. The van der Waals surface area contributed by atoms with Gasteiger partial charge in [-0.25, -0.2) is 4.79 Å². The number of rotatable bonds is 2. The van der Waals surface area contributed by atoms with Crippen LogP contribution in [0.3, 0.4) is 0 Å². The fraction of sp³-hybridized carbons (Fsp3) is 0.0526. The van der Waals surface area contributed by atoms with Gasteiger partial charge in [0.05, 0.1) is 5.56 Å². The number of aromatic nitrogens is 1. The zero-order valence-electron chi connectivity index (χ0n) is 11.8. The first kappa shape index (κ1) is 12.8. The van der Waals surface area contributed by atoms with Crippen molar-refractivity contribution in [2.75, 3.05) is 0 Å². The van der Waals surface area contributed by atoms with Gasteiger partial charge in [0.25, 0.3) is 0 Å². The predicted octanol–water partition coefficient (Wildman–Crippen LogP) is 3.54. The maximum atomic E-state index is 12.4. The minimum atomic E-state index is -0.927. The standard InChI is InChI=1S/C19H13NO2/c21-18-16-11-12-20-13-17(16)19(22-18,14-7-3-1-4-8-14)15-9-5-2-6-10-15/h1-13H. The Balaban J connectivity index is 2.06. The Labute approximate surface area is 128 Å². The minimum Gasteiger partial charge on any atom is -0.441 e. The van der Waals surface area contributed by atoms with Gasteiger partial charge in [0.15, 0.2) is 5.60 Å². The molecule has 0 saturated carbocycles. The van der Waals surface area contributed by atoms with Crippen LogP contribution in [-0.2, 0) is 10.3 Å². The maximum absolute atomic E-state index is 12.4. The highest BCUT2D eigenvalue weighted by Crippen LogP contribution is 2.46. The molecular weight excluding hydrogens is 274 g/mol. The van der Waals surface area contributed by atoms with Crippen LogP contribution in [0.2, 0.25) is 0 Å². The van der Waals surface area contributed by atoms with Crippen molar-refractivity contribution in [3.05, 3.63) is 101 Å². The molecule has 0 fully saturated rings. The second-order valence-corrected chi connectivity index (χ2v) is 5.22. The molecule has 2 heterocycles. The smallest absolute Gasteiger partial charge is 0.340 e. The van der Waals surface area contributed by atoms with Gasteiger partial charge < -0.3 is 4.74 Å². The van der Waals surface area contributed by atoms with Gasteiger partial charge in [-0.15, -0.1) is 0 Å². The molecule has 106 valence electrons. The molecule has 0 amide bonds. The van der Waals surface area contributed by atoms with E-state index in [1.165, 1.54) is 0 Å². The van der Waals surface area contributed by atoms with Crippen LogP contribution in [0.5, 0.6) is 0 Å². The highest BCUT2D eigenvalue weighted by atomic mass is 16.6. The van der Waals surface area contributed by atoms with Crippen molar-refractivity contribution in [1.29, 1.82) is 0 Å². The highest BCUT2D eigenvalue weighted by molar-refractivity contribution is 5.96. The number of ether oxygens (including phenoxy) is 1. The molecule has 2 aromatic carbocycles. The average Bonchev–Trinajstić information content (AvgIpc) is 2.91. The minimum absolute atomic E-state index is 0.315. The molecule has 22 heavy (non-hydrogen) atoms. The van der Waals surface area contributed by atoms with Gasteiger partial charge in [-0.2, -0.15) is 0 Å². The van der Waals surface area contributed by atoms with Gasteiger partial charge in [-0.3, -0.25) is 4.98 Å². The van der Waals surface area contributed by atoms with E-state index in [-0.39, 0.29) is 5.97 Å². The van der Waals surface area contributed by atoms with Gasteiger partial charge in [-0.1, -0.05) is 60.7 Å². The Kier molecular flexibility index (Phi) is 2.79. The first-order valence-electron chi connectivity index (χ1n) is 7.11. The van der Waals surface area contributed by atoms with E-state index < -0.39 is 5.60 Å². The molecule has 3 heteroatoms. The lowest BCUT2D eigenvalue weighted by atomic mass is 9.81. The monoisotopic (exact) mass is 287 g/mol. The fourth-order valence-corrected chi connectivity index (χ4v) is 3.04. The largest absolute Gasteiger partial charge is 0.441 e. The van der Waals surface area contributed by atoms with Crippen LogP contribution < -0.4 is 0 Å². The van der Waals surface area contributed by atoms with Crippen molar-refractivity contribution in [1.82, 2.24) is 4.98 Å². The predicted molar refractivity (Wildman–Crippen MR) is 82.4 cm³/mol. The van der Waals surface area contributed by atoms with Crippen molar-refractivity contribution < 1.29 is 9.53 Å². The topological polar surface area (TPSA) is 39.2 Å². The molecule has 0 spiro atoms. The third-order valence-electron chi connectivity index (χ3n) is 4.03. The number of benzene rings is 2. The third kappa shape index (κ3) is 1.69. The first-order valence-corrected chi connectivity index (χ1v) is 7.11. The number of cyclic esters (lactones) is 1.